The van der Waals surface area contributed by atoms with Crippen LogP contribution in [0.4, 0.5) is 5.69 Å². The molecule has 1 fully saturated rings. The van der Waals surface area contributed by atoms with Crippen molar-refractivity contribution in [3.05, 3.63) is 65.2 Å². The number of carbonyl (C=O) groups is 1. The molecule has 0 spiro atoms. The lowest BCUT2D eigenvalue weighted by Crippen LogP contribution is -2.18. The van der Waals surface area contributed by atoms with Crippen LogP contribution in [0.25, 0.3) is 5.69 Å². The molecule has 3 N–H and O–H groups in total. The van der Waals surface area contributed by atoms with Gasteiger partial charge in [-0.15, -0.1) is 0 Å². The van der Waals surface area contributed by atoms with Crippen LogP contribution in [0.2, 0.25) is 5.02 Å². The van der Waals surface area contributed by atoms with Crippen LogP contribution < -0.4 is 10.5 Å². The zero-order valence-electron chi connectivity index (χ0n) is 16.0. The number of carbonyl (C=O) groups excluding carboxylic acids is 1. The van der Waals surface area contributed by atoms with Crippen molar-refractivity contribution in [1.82, 2.24) is 14.8 Å². The minimum atomic E-state index is -4.07. The van der Waals surface area contributed by atoms with E-state index in [1.54, 1.807) is 36.4 Å². The SMILES string of the molecule is NS(=O)(=O)c1cc(NC(=O)Cc2ccccc2Cl)ccc1-n1cnc(C2CCC2)n1. The molecule has 1 saturated carbocycles. The number of aromatic nitrogens is 3. The monoisotopic (exact) mass is 445 g/mol. The van der Waals surface area contributed by atoms with Crippen molar-refractivity contribution in [3.8, 4) is 5.69 Å². The molecule has 10 heteroatoms. The number of halogens is 1. The maximum absolute atomic E-state index is 12.4. The highest BCUT2D eigenvalue weighted by molar-refractivity contribution is 7.89. The van der Waals surface area contributed by atoms with Crippen molar-refractivity contribution in [1.29, 1.82) is 0 Å². The van der Waals surface area contributed by atoms with Crippen molar-refractivity contribution in [3.63, 3.8) is 0 Å². The molecule has 0 aliphatic heterocycles. The van der Waals surface area contributed by atoms with Gasteiger partial charge < -0.3 is 5.32 Å². The van der Waals surface area contributed by atoms with Crippen LogP contribution in [0.1, 0.15) is 36.6 Å². The lowest BCUT2D eigenvalue weighted by Gasteiger charge is -2.21. The van der Waals surface area contributed by atoms with Gasteiger partial charge in [-0.25, -0.2) is 23.2 Å². The van der Waals surface area contributed by atoms with E-state index in [2.05, 4.69) is 15.4 Å². The van der Waals surface area contributed by atoms with Gasteiger partial charge in [0, 0.05) is 16.6 Å². The molecule has 0 radical (unpaired) electrons. The Balaban J connectivity index is 1.59. The van der Waals surface area contributed by atoms with Gasteiger partial charge in [-0.2, -0.15) is 5.10 Å². The summed E-state index contributed by atoms with van der Waals surface area (Å²) in [6, 6.07) is 11.5. The van der Waals surface area contributed by atoms with Gasteiger partial charge >= 0.3 is 0 Å². The van der Waals surface area contributed by atoms with Crippen molar-refractivity contribution in [2.24, 2.45) is 5.14 Å². The third-order valence-corrected chi connectivity index (χ3v) is 6.39. The Morgan fingerprint density at radius 3 is 2.67 bits per heavy atom. The number of primary sulfonamides is 1. The molecule has 0 atom stereocenters. The van der Waals surface area contributed by atoms with Crippen LogP contribution in [0.15, 0.2) is 53.7 Å². The highest BCUT2D eigenvalue weighted by atomic mass is 35.5. The third-order valence-electron chi connectivity index (χ3n) is 5.09. The molecule has 8 nitrogen and oxygen atoms in total. The van der Waals surface area contributed by atoms with Gasteiger partial charge in [-0.3, -0.25) is 4.79 Å². The molecule has 0 saturated heterocycles. The number of rotatable bonds is 6. The fourth-order valence-electron chi connectivity index (χ4n) is 3.27. The first kappa shape index (κ1) is 20.5. The summed E-state index contributed by atoms with van der Waals surface area (Å²) in [6.07, 6.45) is 4.74. The molecule has 1 aliphatic rings. The second-order valence-corrected chi connectivity index (χ2v) is 9.16. The number of nitrogens with two attached hydrogens (primary N) is 1. The van der Waals surface area contributed by atoms with E-state index < -0.39 is 10.0 Å². The first-order chi connectivity index (χ1) is 14.3. The van der Waals surface area contributed by atoms with E-state index in [4.69, 9.17) is 16.7 Å². The molecule has 1 aromatic heterocycles. The average molecular weight is 446 g/mol. The quantitative estimate of drug-likeness (QED) is 0.604. The summed E-state index contributed by atoms with van der Waals surface area (Å²) in [5.41, 5.74) is 1.25. The summed E-state index contributed by atoms with van der Waals surface area (Å²) in [5.74, 6) is 0.676. The molecular weight excluding hydrogens is 426 g/mol. The van der Waals surface area contributed by atoms with Gasteiger partial charge in [0.25, 0.3) is 0 Å². The fraction of sp³-hybridized carbons (Fsp3) is 0.250. The van der Waals surface area contributed by atoms with Gasteiger partial charge in [-0.1, -0.05) is 36.2 Å². The highest BCUT2D eigenvalue weighted by Gasteiger charge is 2.24. The maximum Gasteiger partial charge on any atom is 0.240 e. The summed E-state index contributed by atoms with van der Waals surface area (Å²) < 4.78 is 25.8. The van der Waals surface area contributed by atoms with E-state index >= 15 is 0 Å². The minimum absolute atomic E-state index is 0.0555. The molecule has 2 aromatic carbocycles. The number of sulfonamides is 1. The van der Waals surface area contributed by atoms with Crippen LogP contribution in [-0.2, 0) is 21.2 Å². The van der Waals surface area contributed by atoms with Gasteiger partial charge in [0.05, 0.1) is 12.1 Å². The number of nitrogens with zero attached hydrogens (tertiary/aromatic N) is 3. The third kappa shape index (κ3) is 4.38. The van der Waals surface area contributed by atoms with E-state index in [9.17, 15) is 13.2 Å². The summed E-state index contributed by atoms with van der Waals surface area (Å²) in [5, 5.41) is 13.0. The van der Waals surface area contributed by atoms with E-state index in [-0.39, 0.29) is 22.9 Å². The smallest absolute Gasteiger partial charge is 0.240 e. The van der Waals surface area contributed by atoms with Gasteiger partial charge in [-0.05, 0) is 42.7 Å². The van der Waals surface area contributed by atoms with E-state index in [0.29, 0.717) is 28.0 Å². The molecule has 3 aromatic rings. The Hall–Kier alpha value is -2.75. The zero-order valence-corrected chi connectivity index (χ0v) is 17.5. The predicted molar refractivity (Wildman–Crippen MR) is 113 cm³/mol. The molecule has 0 unspecified atom stereocenters. The van der Waals surface area contributed by atoms with E-state index in [1.807, 2.05) is 0 Å². The lowest BCUT2D eigenvalue weighted by atomic mass is 9.85. The maximum atomic E-state index is 12.4. The summed E-state index contributed by atoms with van der Waals surface area (Å²) in [7, 11) is -4.07. The molecule has 156 valence electrons. The van der Waals surface area contributed by atoms with Crippen LogP contribution in [0, 0.1) is 0 Å². The van der Waals surface area contributed by atoms with Gasteiger partial charge in [0.2, 0.25) is 15.9 Å². The van der Waals surface area contributed by atoms with Crippen LogP contribution in [0.3, 0.4) is 0 Å². The standard InChI is InChI=1S/C20H20ClN5O3S/c21-16-7-2-1-4-14(16)10-19(27)24-15-8-9-17(18(11-15)30(22,28)29)26-12-23-20(25-26)13-5-3-6-13/h1-2,4,7-9,11-13H,3,5-6,10H2,(H,24,27)(H2,22,28,29). The van der Waals surface area contributed by atoms with Gasteiger partial charge in [0.15, 0.2) is 5.82 Å². The average Bonchev–Trinajstić information content (AvgIpc) is 3.10. The number of benzene rings is 2. The predicted octanol–water partition coefficient (Wildman–Crippen LogP) is 3.02. The number of nitrogens with one attached hydrogen (secondary N) is 1. The Bertz CT molecular complexity index is 1200. The Labute approximate surface area is 179 Å². The van der Waals surface area contributed by atoms with Crippen LogP contribution >= 0.6 is 11.6 Å². The number of hydrogen-bond donors (Lipinski definition) is 2. The van der Waals surface area contributed by atoms with Gasteiger partial charge in [0.1, 0.15) is 11.2 Å². The second-order valence-electron chi connectivity index (χ2n) is 7.22. The van der Waals surface area contributed by atoms with Crippen LogP contribution in [0.5, 0.6) is 0 Å². The number of hydrogen-bond acceptors (Lipinski definition) is 5. The summed E-state index contributed by atoms with van der Waals surface area (Å²) in [6.45, 7) is 0. The van der Waals surface area contributed by atoms with Crippen molar-refractivity contribution in [2.45, 2.75) is 36.5 Å². The minimum Gasteiger partial charge on any atom is -0.326 e. The van der Waals surface area contributed by atoms with E-state index in [0.717, 1.165) is 19.3 Å². The topological polar surface area (TPSA) is 120 Å². The zero-order chi connectivity index (χ0) is 21.3. The first-order valence-corrected chi connectivity index (χ1v) is 11.4. The number of amides is 1. The van der Waals surface area contributed by atoms with Crippen molar-refractivity contribution in [2.75, 3.05) is 5.32 Å². The molecule has 1 aliphatic carbocycles. The Kier molecular flexibility index (Phi) is 5.59. The molecular formula is C20H20ClN5O3S. The summed E-state index contributed by atoms with van der Waals surface area (Å²) in [4.78, 5) is 16.5. The van der Waals surface area contributed by atoms with Crippen molar-refractivity contribution < 1.29 is 13.2 Å². The highest BCUT2D eigenvalue weighted by Crippen LogP contribution is 2.34. The lowest BCUT2D eigenvalue weighted by molar-refractivity contribution is -0.115. The molecule has 1 amide bonds. The summed E-state index contributed by atoms with van der Waals surface area (Å²) >= 11 is 6.09. The normalized spacial score (nSPS) is 14.3. The van der Waals surface area contributed by atoms with Crippen LogP contribution in [-0.4, -0.2) is 29.1 Å². The first-order valence-electron chi connectivity index (χ1n) is 9.43. The molecule has 0 bridgehead atoms. The second kappa shape index (κ2) is 8.17. The Morgan fingerprint density at radius 2 is 2.00 bits per heavy atom. The number of anilines is 1. The fourth-order valence-corrected chi connectivity index (χ4v) is 4.22. The molecule has 4 rings (SSSR count). The van der Waals surface area contributed by atoms with Crippen molar-refractivity contribution >= 4 is 33.2 Å². The Morgan fingerprint density at radius 1 is 1.23 bits per heavy atom. The largest absolute Gasteiger partial charge is 0.326 e. The molecule has 1 heterocycles. The van der Waals surface area contributed by atoms with E-state index in [1.165, 1.54) is 17.1 Å². The molecule has 30 heavy (non-hydrogen) atoms.